The minimum absolute atomic E-state index is 0.130. The van der Waals surface area contributed by atoms with Gasteiger partial charge >= 0.3 is 37.0 Å². The highest BCUT2D eigenvalue weighted by molar-refractivity contribution is 8.05. The van der Waals surface area contributed by atoms with Crippen LogP contribution in [0.5, 0.6) is 0 Å². The maximum atomic E-state index is 11.5. The van der Waals surface area contributed by atoms with Crippen molar-refractivity contribution in [3.8, 4) is 0 Å². The Bertz CT molecular complexity index is 855. The number of hydrogen-bond donors (Lipinski definition) is 1. The molecular formula is C26H51F6NO6PS2+. The van der Waals surface area contributed by atoms with Crippen LogP contribution < -0.4 is 4.13 Å². The van der Waals surface area contributed by atoms with Gasteiger partial charge in [-0.3, -0.25) is 4.79 Å². The second-order valence-corrected chi connectivity index (χ2v) is 18.5. The van der Waals surface area contributed by atoms with E-state index < -0.39 is 42.5 Å². The van der Waals surface area contributed by atoms with Crippen LogP contribution in [0.3, 0.4) is 0 Å². The van der Waals surface area contributed by atoms with Gasteiger partial charge < -0.3 is 4.74 Å². The van der Waals surface area contributed by atoms with E-state index in [4.69, 9.17) is 4.74 Å². The number of ether oxygens (including phenoxy) is 1. The molecule has 254 valence electrons. The number of hydrogen-bond acceptors (Lipinski definition) is 6. The first kappa shape index (κ1) is 43.5. The second-order valence-electron chi connectivity index (χ2n) is 10.4. The summed E-state index contributed by atoms with van der Waals surface area (Å²) in [5, 5.41) is 0. The van der Waals surface area contributed by atoms with Crippen LogP contribution in [0.4, 0.5) is 26.3 Å². The van der Waals surface area contributed by atoms with Gasteiger partial charge in [0.25, 0.3) is 0 Å². The van der Waals surface area contributed by atoms with Crippen molar-refractivity contribution in [1.82, 2.24) is 4.13 Å². The molecule has 0 spiro atoms. The lowest BCUT2D eigenvalue weighted by atomic mass is 10.2. The number of rotatable bonds is 22. The van der Waals surface area contributed by atoms with Crippen LogP contribution in [0, 0.1) is 0 Å². The largest absolute Gasteiger partial charge is 0.512 e. The van der Waals surface area contributed by atoms with Crippen molar-refractivity contribution in [2.24, 2.45) is 0 Å². The lowest BCUT2D eigenvalue weighted by Gasteiger charge is -2.28. The SMILES string of the molecule is CCCCCC[P+](CCCCCC)(CCCCCC)CCCCOC(C)=O.O=S(=O)(NS(=O)(=O)C(F)(F)F)C(F)(F)F. The van der Waals surface area contributed by atoms with Gasteiger partial charge in [-0.1, -0.05) is 63.4 Å². The highest BCUT2D eigenvalue weighted by atomic mass is 32.3. The second kappa shape index (κ2) is 21.9. The fraction of sp³-hybridized carbons (Fsp3) is 0.962. The average Bonchev–Trinajstić information content (AvgIpc) is 2.85. The van der Waals surface area contributed by atoms with E-state index in [9.17, 15) is 48.0 Å². The average molecular weight is 683 g/mol. The molecule has 0 aliphatic rings. The summed E-state index contributed by atoms with van der Waals surface area (Å²) in [6.45, 7) is 9.08. The lowest BCUT2D eigenvalue weighted by Crippen LogP contribution is -2.45. The zero-order valence-electron chi connectivity index (χ0n) is 25.4. The normalized spacial score (nSPS) is 13.0. The van der Waals surface area contributed by atoms with Gasteiger partial charge in [-0.15, -0.1) is 0 Å². The van der Waals surface area contributed by atoms with E-state index in [0.717, 1.165) is 6.42 Å². The van der Waals surface area contributed by atoms with Crippen molar-refractivity contribution in [3.05, 3.63) is 0 Å². The summed E-state index contributed by atoms with van der Waals surface area (Å²) in [7, 11) is -14.0. The van der Waals surface area contributed by atoms with E-state index in [2.05, 4.69) is 20.8 Å². The Labute approximate surface area is 249 Å². The highest BCUT2D eigenvalue weighted by Gasteiger charge is 2.55. The molecule has 0 aromatic carbocycles. The van der Waals surface area contributed by atoms with Gasteiger partial charge in [0.15, 0.2) is 0 Å². The van der Waals surface area contributed by atoms with Crippen LogP contribution in [0.1, 0.15) is 118 Å². The zero-order valence-corrected chi connectivity index (χ0v) is 27.9. The molecule has 0 aromatic heterocycles. The fourth-order valence-electron chi connectivity index (χ4n) is 4.30. The predicted octanol–water partition coefficient (Wildman–Crippen LogP) is 8.36. The topological polar surface area (TPSA) is 107 Å². The van der Waals surface area contributed by atoms with Crippen LogP contribution in [0.2, 0.25) is 0 Å². The Hall–Kier alpha value is -0.660. The molecule has 0 heterocycles. The monoisotopic (exact) mass is 682 g/mol. The molecule has 0 radical (unpaired) electrons. The van der Waals surface area contributed by atoms with Crippen molar-refractivity contribution in [2.45, 2.75) is 129 Å². The van der Waals surface area contributed by atoms with Crippen molar-refractivity contribution in [1.29, 1.82) is 0 Å². The molecule has 0 unspecified atom stereocenters. The predicted molar refractivity (Wildman–Crippen MR) is 158 cm³/mol. The third-order valence-electron chi connectivity index (χ3n) is 6.62. The number of sulfonamides is 2. The molecule has 0 aliphatic carbocycles. The Morgan fingerprint density at radius 1 is 0.595 bits per heavy atom. The summed E-state index contributed by atoms with van der Waals surface area (Å²) < 4.78 is 113. The smallest absolute Gasteiger partial charge is 0.466 e. The number of esters is 1. The Morgan fingerprint density at radius 3 is 1.17 bits per heavy atom. The zero-order chi connectivity index (χ0) is 32.9. The van der Waals surface area contributed by atoms with E-state index >= 15 is 0 Å². The quantitative estimate of drug-likeness (QED) is 0.0533. The first-order valence-corrected chi connectivity index (χ1v) is 20.2. The number of halogens is 6. The number of carbonyl (C=O) groups excluding carboxylic acids is 1. The molecule has 0 fully saturated rings. The van der Waals surface area contributed by atoms with Crippen LogP contribution >= 0.6 is 7.26 Å². The highest BCUT2D eigenvalue weighted by Crippen LogP contribution is 2.61. The van der Waals surface area contributed by atoms with E-state index in [1.807, 2.05) is 0 Å². The van der Waals surface area contributed by atoms with Gasteiger partial charge in [-0.25, -0.2) is 16.8 Å². The van der Waals surface area contributed by atoms with Crippen molar-refractivity contribution in [3.63, 3.8) is 0 Å². The maximum Gasteiger partial charge on any atom is 0.512 e. The Morgan fingerprint density at radius 2 is 0.905 bits per heavy atom. The molecule has 1 N–H and O–H groups in total. The molecule has 0 atom stereocenters. The summed E-state index contributed by atoms with van der Waals surface area (Å²) in [6, 6.07) is 0. The Kier molecular flexibility index (Phi) is 22.7. The third-order valence-corrected chi connectivity index (χ3v) is 14.7. The molecule has 0 saturated heterocycles. The van der Waals surface area contributed by atoms with Gasteiger partial charge in [0, 0.05) is 14.2 Å². The van der Waals surface area contributed by atoms with Crippen LogP contribution in [-0.2, 0) is 29.6 Å². The van der Waals surface area contributed by atoms with Crippen molar-refractivity contribution >= 4 is 33.3 Å². The molecule has 42 heavy (non-hydrogen) atoms. The summed E-state index contributed by atoms with van der Waals surface area (Å²) in [4.78, 5) is 11.0. The van der Waals surface area contributed by atoms with Gasteiger partial charge in [0.05, 0.1) is 31.3 Å². The first-order valence-electron chi connectivity index (χ1n) is 14.7. The van der Waals surface area contributed by atoms with Crippen LogP contribution in [0.25, 0.3) is 0 Å². The summed E-state index contributed by atoms with van der Waals surface area (Å²) in [5.41, 5.74) is -12.3. The minimum Gasteiger partial charge on any atom is -0.466 e. The van der Waals surface area contributed by atoms with E-state index in [1.54, 1.807) is 0 Å². The standard InChI is InChI=1S/C24H50O2P.C2HF6NO4S2/c1-5-8-11-15-20-27(21-16-12-9-6-2,22-17-13-10-7-3)23-18-14-19-26-24(4)25;3-1(4,5)14(10,11)9-15(12,13)2(6,7)8/h5-23H2,1-4H3;9H/q+1;. The van der Waals surface area contributed by atoms with Crippen molar-refractivity contribution in [2.75, 3.05) is 31.3 Å². The number of nitrogens with one attached hydrogen (secondary N) is 1. The molecule has 0 aromatic rings. The number of unbranched alkanes of at least 4 members (excludes halogenated alkanes) is 10. The number of carbonyl (C=O) groups is 1. The molecule has 0 amide bonds. The molecule has 0 bridgehead atoms. The third kappa shape index (κ3) is 20.3. The van der Waals surface area contributed by atoms with E-state index in [-0.39, 0.29) is 5.97 Å². The summed E-state index contributed by atoms with van der Waals surface area (Å²) in [5.74, 6) is -0.130. The summed E-state index contributed by atoms with van der Waals surface area (Å²) in [6.07, 6.45) is 25.2. The fourth-order valence-corrected chi connectivity index (χ4v) is 11.1. The molecule has 0 saturated carbocycles. The van der Waals surface area contributed by atoms with Crippen molar-refractivity contribution < 1.29 is 52.7 Å². The maximum absolute atomic E-state index is 11.5. The number of alkyl halides is 6. The van der Waals surface area contributed by atoms with E-state index in [0.29, 0.717) is 6.61 Å². The van der Waals surface area contributed by atoms with Gasteiger partial charge in [-0.05, 0) is 51.4 Å². The lowest BCUT2D eigenvalue weighted by molar-refractivity contribution is -0.141. The van der Waals surface area contributed by atoms with E-state index in [1.165, 1.54) is 115 Å². The van der Waals surface area contributed by atoms with Crippen LogP contribution in [0.15, 0.2) is 0 Å². The van der Waals surface area contributed by atoms with Gasteiger partial charge in [0.2, 0.25) is 0 Å². The first-order chi connectivity index (χ1) is 19.3. The molecule has 0 rings (SSSR count). The molecule has 0 aliphatic heterocycles. The Balaban J connectivity index is 0. The van der Waals surface area contributed by atoms with Gasteiger partial charge in [0.1, 0.15) is 0 Å². The summed E-state index contributed by atoms with van der Waals surface area (Å²) >= 11 is 0. The van der Waals surface area contributed by atoms with Gasteiger partial charge in [-0.2, -0.15) is 26.3 Å². The van der Waals surface area contributed by atoms with Crippen LogP contribution in [-0.4, -0.2) is 65.1 Å². The molecule has 16 heteroatoms. The minimum atomic E-state index is -6.60. The molecule has 7 nitrogen and oxygen atoms in total. The molecular weight excluding hydrogens is 631 g/mol.